The average Bonchev–Trinajstić information content (AvgIpc) is 3.76. The fourth-order valence-corrected chi connectivity index (χ4v) is 10.9. The molecule has 0 unspecified atom stereocenters. The summed E-state index contributed by atoms with van der Waals surface area (Å²) in [6.07, 6.45) is 0. The molecular formula is C57H39NS. The van der Waals surface area contributed by atoms with E-state index in [0.717, 1.165) is 17.1 Å². The van der Waals surface area contributed by atoms with Crippen molar-refractivity contribution in [3.63, 3.8) is 0 Å². The third kappa shape index (κ3) is 5.37. The van der Waals surface area contributed by atoms with Gasteiger partial charge >= 0.3 is 0 Å². The van der Waals surface area contributed by atoms with Crippen molar-refractivity contribution in [3.05, 3.63) is 211 Å². The van der Waals surface area contributed by atoms with Gasteiger partial charge < -0.3 is 4.90 Å². The molecule has 0 bridgehead atoms. The molecule has 0 aliphatic heterocycles. The molecule has 278 valence electrons. The summed E-state index contributed by atoms with van der Waals surface area (Å²) in [6.45, 7) is 4.75. The van der Waals surface area contributed by atoms with Crippen molar-refractivity contribution in [1.29, 1.82) is 0 Å². The number of thiophene rings is 1. The molecule has 1 aliphatic carbocycles. The summed E-state index contributed by atoms with van der Waals surface area (Å²) in [7, 11) is 0. The highest BCUT2D eigenvalue weighted by Crippen LogP contribution is 2.53. The van der Waals surface area contributed by atoms with Crippen LogP contribution in [0.2, 0.25) is 0 Å². The second-order valence-corrected chi connectivity index (χ2v) is 17.6. The van der Waals surface area contributed by atoms with Crippen LogP contribution in [0.1, 0.15) is 25.0 Å². The number of fused-ring (bicyclic) bond motifs is 9. The fraction of sp³-hybridized carbons (Fsp3) is 0.0526. The van der Waals surface area contributed by atoms with Gasteiger partial charge in [-0.1, -0.05) is 153 Å². The van der Waals surface area contributed by atoms with Crippen molar-refractivity contribution < 1.29 is 0 Å². The molecule has 2 heteroatoms. The molecule has 12 rings (SSSR count). The van der Waals surface area contributed by atoms with Crippen LogP contribution in [-0.4, -0.2) is 0 Å². The molecule has 1 aliphatic rings. The molecule has 10 aromatic carbocycles. The number of hydrogen-bond acceptors (Lipinski definition) is 2. The van der Waals surface area contributed by atoms with Crippen molar-refractivity contribution >= 4 is 80.9 Å². The van der Waals surface area contributed by atoms with E-state index in [1.165, 1.54) is 97.0 Å². The van der Waals surface area contributed by atoms with Gasteiger partial charge in [0.05, 0.1) is 5.69 Å². The van der Waals surface area contributed by atoms with Crippen LogP contribution >= 0.6 is 11.3 Å². The topological polar surface area (TPSA) is 3.24 Å². The smallest absolute Gasteiger partial charge is 0.0546 e. The minimum Gasteiger partial charge on any atom is -0.310 e. The highest BCUT2D eigenvalue weighted by atomic mass is 32.1. The van der Waals surface area contributed by atoms with E-state index < -0.39 is 0 Å². The molecule has 1 heterocycles. The summed E-state index contributed by atoms with van der Waals surface area (Å²) in [4.78, 5) is 2.49. The number of anilines is 3. The molecule has 59 heavy (non-hydrogen) atoms. The van der Waals surface area contributed by atoms with E-state index >= 15 is 0 Å². The maximum absolute atomic E-state index is 2.49. The largest absolute Gasteiger partial charge is 0.310 e. The Morgan fingerprint density at radius 3 is 1.78 bits per heavy atom. The molecule has 0 saturated carbocycles. The van der Waals surface area contributed by atoms with Crippen LogP contribution in [0.25, 0.3) is 85.9 Å². The van der Waals surface area contributed by atoms with E-state index in [4.69, 9.17) is 0 Å². The van der Waals surface area contributed by atoms with Crippen molar-refractivity contribution in [2.24, 2.45) is 0 Å². The molecule has 0 atom stereocenters. The van der Waals surface area contributed by atoms with Gasteiger partial charge in [-0.3, -0.25) is 0 Å². The summed E-state index contributed by atoms with van der Waals surface area (Å²) in [5.41, 5.74) is 13.5. The first-order chi connectivity index (χ1) is 29.0. The van der Waals surface area contributed by atoms with Crippen LogP contribution in [0.4, 0.5) is 17.1 Å². The van der Waals surface area contributed by atoms with Gasteiger partial charge in [0.1, 0.15) is 0 Å². The normalized spacial score (nSPS) is 13.1. The first-order valence-corrected chi connectivity index (χ1v) is 21.3. The van der Waals surface area contributed by atoms with Gasteiger partial charge in [0.25, 0.3) is 0 Å². The third-order valence-corrected chi connectivity index (χ3v) is 13.9. The molecule has 0 amide bonds. The first-order valence-electron chi connectivity index (χ1n) is 20.5. The predicted molar refractivity (Wildman–Crippen MR) is 255 cm³/mol. The van der Waals surface area contributed by atoms with Gasteiger partial charge in [-0.25, -0.2) is 0 Å². The van der Waals surface area contributed by atoms with Crippen molar-refractivity contribution in [1.82, 2.24) is 0 Å². The van der Waals surface area contributed by atoms with E-state index in [-0.39, 0.29) is 5.41 Å². The van der Waals surface area contributed by atoms with Gasteiger partial charge in [0, 0.05) is 42.5 Å². The quantitative estimate of drug-likeness (QED) is 0.169. The van der Waals surface area contributed by atoms with Crippen LogP contribution in [0.5, 0.6) is 0 Å². The van der Waals surface area contributed by atoms with E-state index in [1.807, 2.05) is 11.3 Å². The van der Waals surface area contributed by atoms with Crippen LogP contribution in [0, 0.1) is 0 Å². The van der Waals surface area contributed by atoms with Gasteiger partial charge in [-0.15, -0.1) is 11.3 Å². The van der Waals surface area contributed by atoms with Gasteiger partial charge in [0.2, 0.25) is 0 Å². The summed E-state index contributed by atoms with van der Waals surface area (Å²) >= 11 is 1.87. The lowest BCUT2D eigenvalue weighted by atomic mass is 9.82. The highest BCUT2D eigenvalue weighted by Gasteiger charge is 2.36. The van der Waals surface area contributed by atoms with Crippen molar-refractivity contribution in [3.8, 4) is 33.4 Å². The van der Waals surface area contributed by atoms with Crippen molar-refractivity contribution in [2.45, 2.75) is 19.3 Å². The summed E-state index contributed by atoms with van der Waals surface area (Å²) in [5, 5.41) is 10.2. The van der Waals surface area contributed by atoms with Crippen LogP contribution in [0.15, 0.2) is 200 Å². The Labute approximate surface area is 348 Å². The van der Waals surface area contributed by atoms with E-state index in [0.29, 0.717) is 0 Å². The zero-order chi connectivity index (χ0) is 39.2. The zero-order valence-electron chi connectivity index (χ0n) is 32.9. The van der Waals surface area contributed by atoms with Gasteiger partial charge in [0.15, 0.2) is 0 Å². The number of hydrogen-bond donors (Lipinski definition) is 0. The Balaban J connectivity index is 1.07. The molecule has 1 nitrogen and oxygen atoms in total. The van der Waals surface area contributed by atoms with E-state index in [2.05, 4.69) is 219 Å². The number of rotatable bonds is 5. The Hall–Kier alpha value is -7.00. The minimum atomic E-state index is -0.117. The average molecular weight is 770 g/mol. The second-order valence-electron chi connectivity index (χ2n) is 16.5. The van der Waals surface area contributed by atoms with Crippen molar-refractivity contribution in [2.75, 3.05) is 4.90 Å². The molecule has 1 aromatic heterocycles. The maximum atomic E-state index is 2.49. The Kier molecular flexibility index (Phi) is 7.51. The molecule has 0 saturated heterocycles. The Bertz CT molecular complexity index is 3480. The first kappa shape index (κ1) is 34.1. The van der Waals surface area contributed by atoms with Crippen LogP contribution < -0.4 is 4.90 Å². The van der Waals surface area contributed by atoms with E-state index in [1.54, 1.807) is 0 Å². The lowest BCUT2D eigenvalue weighted by molar-refractivity contribution is 0.661. The second kappa shape index (κ2) is 13.0. The lowest BCUT2D eigenvalue weighted by Gasteiger charge is -2.30. The molecule has 0 spiro atoms. The third-order valence-electron chi connectivity index (χ3n) is 12.8. The maximum Gasteiger partial charge on any atom is 0.0546 e. The van der Waals surface area contributed by atoms with Gasteiger partial charge in [-0.2, -0.15) is 0 Å². The molecule has 11 aromatic rings. The molecule has 0 fully saturated rings. The SMILES string of the molecule is CC1(C)c2ccc(N(c3ccc(-c4ccc5c(c4)sc4ccccc45)cc3)c3ccc4ccccc4c3-c3ccc4ccccc4c3)cc2-c2cc3ccccc3cc21. The monoisotopic (exact) mass is 769 g/mol. The Morgan fingerprint density at radius 1 is 0.373 bits per heavy atom. The Morgan fingerprint density at radius 2 is 0.966 bits per heavy atom. The number of benzene rings is 10. The van der Waals surface area contributed by atoms with Crippen LogP contribution in [-0.2, 0) is 5.41 Å². The molecule has 0 N–H and O–H groups in total. The fourth-order valence-electron chi connectivity index (χ4n) is 9.79. The lowest BCUT2D eigenvalue weighted by Crippen LogP contribution is -2.15. The predicted octanol–water partition coefficient (Wildman–Crippen LogP) is 16.6. The highest BCUT2D eigenvalue weighted by molar-refractivity contribution is 7.25. The molecule has 0 radical (unpaired) electrons. The summed E-state index contributed by atoms with van der Waals surface area (Å²) < 4.78 is 2.65. The standard InChI is InChI=1S/C57H39NS/c1-57(2)51-29-27-45(35-50(51)49-32-40-14-5-6-15-41(40)33-52(49)57)58(44-25-21-37(22-26-44)42-23-28-48-47-17-9-10-18-54(47)59-55(48)34-42)53-30-24-38-12-7-8-16-46(38)56(53)43-20-19-36-11-3-4-13-39(36)31-43/h3-35H,1-2H3. The summed E-state index contributed by atoms with van der Waals surface area (Å²) in [6, 6.07) is 74.6. The molecular weight excluding hydrogens is 731 g/mol. The van der Waals surface area contributed by atoms with Crippen LogP contribution in [0.3, 0.4) is 0 Å². The number of nitrogens with zero attached hydrogens (tertiary/aromatic N) is 1. The van der Waals surface area contributed by atoms with Gasteiger partial charge in [-0.05, 0) is 132 Å². The minimum absolute atomic E-state index is 0.117. The van der Waals surface area contributed by atoms with E-state index in [9.17, 15) is 0 Å². The zero-order valence-corrected chi connectivity index (χ0v) is 33.7. The summed E-state index contributed by atoms with van der Waals surface area (Å²) in [5.74, 6) is 0.